The van der Waals surface area contributed by atoms with E-state index in [0.717, 1.165) is 17.5 Å². The van der Waals surface area contributed by atoms with Gasteiger partial charge in [0.15, 0.2) is 0 Å². The molecule has 3 aliphatic rings. The number of carbonyl (C=O) groups is 3. The van der Waals surface area contributed by atoms with Crippen molar-refractivity contribution in [3.05, 3.63) is 96.1 Å². The third kappa shape index (κ3) is 5.37. The molecule has 3 amide bonds. The second-order valence-electron chi connectivity index (χ2n) is 12.0. The molecule has 230 valence electrons. The molecule has 9 heteroatoms. The van der Waals surface area contributed by atoms with Gasteiger partial charge in [-0.2, -0.15) is 0 Å². The Balaban J connectivity index is 1.33. The highest BCUT2D eigenvalue weighted by molar-refractivity contribution is 8.02. The van der Waals surface area contributed by atoms with Crippen LogP contribution >= 0.6 is 11.8 Å². The largest absolute Gasteiger partial charge is 0.494 e. The van der Waals surface area contributed by atoms with Crippen molar-refractivity contribution in [1.29, 1.82) is 0 Å². The van der Waals surface area contributed by atoms with Crippen LogP contribution in [0.25, 0.3) is 0 Å². The molecule has 3 fully saturated rings. The van der Waals surface area contributed by atoms with Crippen LogP contribution in [0.15, 0.2) is 84.9 Å². The number of ether oxygens (including phenoxy) is 1. The summed E-state index contributed by atoms with van der Waals surface area (Å²) in [5, 5.41) is 16.7. The summed E-state index contributed by atoms with van der Waals surface area (Å²) in [5.41, 5.74) is 2.55. The van der Waals surface area contributed by atoms with Gasteiger partial charge in [-0.3, -0.25) is 14.4 Å². The Morgan fingerprint density at radius 2 is 1.66 bits per heavy atom. The monoisotopic (exact) mass is 613 g/mol. The van der Waals surface area contributed by atoms with Crippen molar-refractivity contribution < 1.29 is 24.2 Å². The molecule has 3 aromatic rings. The number of fused-ring (bicyclic) bond motifs is 1. The van der Waals surface area contributed by atoms with E-state index in [0.29, 0.717) is 31.0 Å². The van der Waals surface area contributed by atoms with Crippen LogP contribution in [0.2, 0.25) is 0 Å². The first-order valence-electron chi connectivity index (χ1n) is 15.4. The third-order valence-electron chi connectivity index (χ3n) is 9.40. The highest BCUT2D eigenvalue weighted by Crippen LogP contribution is 2.68. The zero-order valence-electron chi connectivity index (χ0n) is 25.0. The minimum atomic E-state index is -0.821. The molecule has 44 heavy (non-hydrogen) atoms. The van der Waals surface area contributed by atoms with Gasteiger partial charge < -0.3 is 25.4 Å². The fourth-order valence-electron chi connectivity index (χ4n) is 7.50. The number of aliphatic hydroxyl groups is 1. The zero-order valence-corrected chi connectivity index (χ0v) is 25.8. The van der Waals surface area contributed by atoms with Gasteiger partial charge in [-0.15, -0.1) is 11.8 Å². The molecular formula is C35H39N3O5S. The number of thioether (sulfide) groups is 1. The molecule has 0 aromatic heterocycles. The first-order valence-corrected chi connectivity index (χ1v) is 16.3. The smallest absolute Gasteiger partial charge is 0.244 e. The lowest BCUT2D eigenvalue weighted by atomic mass is 9.66. The average Bonchev–Trinajstić information content (AvgIpc) is 3.64. The summed E-state index contributed by atoms with van der Waals surface area (Å²) in [7, 11) is 0. The minimum absolute atomic E-state index is 0.0227. The highest BCUT2D eigenvalue weighted by atomic mass is 32.2. The molecule has 3 unspecified atom stereocenters. The van der Waals surface area contributed by atoms with E-state index in [1.165, 1.54) is 0 Å². The number of nitrogens with one attached hydrogen (secondary N) is 2. The molecule has 3 N–H and O–H groups in total. The number of likely N-dealkylation sites (tertiary alicyclic amines) is 1. The van der Waals surface area contributed by atoms with Gasteiger partial charge in [0.05, 0.1) is 35.8 Å². The van der Waals surface area contributed by atoms with Crippen molar-refractivity contribution in [3.63, 3.8) is 0 Å². The van der Waals surface area contributed by atoms with Gasteiger partial charge >= 0.3 is 0 Å². The quantitative estimate of drug-likeness (QED) is 0.298. The van der Waals surface area contributed by atoms with Crippen molar-refractivity contribution in [2.24, 2.45) is 17.8 Å². The third-order valence-corrected chi connectivity index (χ3v) is 11.5. The number of benzene rings is 3. The summed E-state index contributed by atoms with van der Waals surface area (Å²) >= 11 is 1.63. The Kier molecular flexibility index (Phi) is 8.69. The van der Waals surface area contributed by atoms with Gasteiger partial charge in [0.2, 0.25) is 17.7 Å². The predicted octanol–water partition coefficient (Wildman–Crippen LogP) is 4.28. The van der Waals surface area contributed by atoms with Gasteiger partial charge in [-0.05, 0) is 61.1 Å². The van der Waals surface area contributed by atoms with Crippen LogP contribution in [-0.4, -0.2) is 63.0 Å². The van der Waals surface area contributed by atoms with Crippen LogP contribution in [0, 0.1) is 17.8 Å². The fraction of sp³-hybridized carbons (Fsp3) is 0.400. The summed E-state index contributed by atoms with van der Waals surface area (Å²) in [6, 6.07) is 25.1. The number of carbonyl (C=O) groups excluding carboxylic acids is 3. The molecule has 0 radical (unpaired) electrons. The molecular weight excluding hydrogens is 574 g/mol. The standard InChI is InChI=1S/C35H39N3O5S/c1-3-43-27-16-14-25(15-17-27)37-32(40)29-28-18-22(2)35(44-28)30(29)34(42)38(26(21-39)19-23-10-6-4-7-11-23)31(35)33(41)36-20-24-12-8-5-9-13-24/h4-17,22,26,28-31,39H,3,18-21H2,1-2H3,(H,36,41)(H,37,40)/t22?,26-,28-,29+,30+,31?,35?/m1/s1. The van der Waals surface area contributed by atoms with Crippen LogP contribution in [-0.2, 0) is 27.3 Å². The Hall–Kier alpha value is -3.82. The van der Waals surface area contributed by atoms with Crippen LogP contribution in [0.4, 0.5) is 5.69 Å². The Morgan fingerprint density at radius 3 is 2.30 bits per heavy atom. The number of aliphatic hydroxyl groups excluding tert-OH is 1. The van der Waals surface area contributed by atoms with Gasteiger partial charge in [0, 0.05) is 17.5 Å². The second kappa shape index (κ2) is 12.7. The molecule has 2 bridgehead atoms. The van der Waals surface area contributed by atoms with Crippen molar-refractivity contribution in [3.8, 4) is 5.75 Å². The first kappa shape index (κ1) is 30.2. The van der Waals surface area contributed by atoms with E-state index < -0.39 is 28.7 Å². The molecule has 7 atom stereocenters. The maximum absolute atomic E-state index is 14.6. The summed E-state index contributed by atoms with van der Waals surface area (Å²) in [6.45, 7) is 4.59. The number of amides is 3. The Bertz CT molecular complexity index is 1490. The molecule has 3 heterocycles. The van der Waals surface area contributed by atoms with Gasteiger partial charge in [-0.1, -0.05) is 67.6 Å². The lowest BCUT2D eigenvalue weighted by Crippen LogP contribution is -2.58. The van der Waals surface area contributed by atoms with Gasteiger partial charge in [0.25, 0.3) is 0 Å². The SMILES string of the molecule is CCOc1ccc(NC(=O)[C@@H]2[C@H]3C(=O)N([C@@H](CO)Cc4ccccc4)C(C(=O)NCc4ccccc4)C34S[C@@H]2CC4C)cc1. The lowest BCUT2D eigenvalue weighted by molar-refractivity contribution is -0.142. The molecule has 1 spiro atoms. The Morgan fingerprint density at radius 1 is 1.00 bits per heavy atom. The van der Waals surface area contributed by atoms with E-state index >= 15 is 0 Å². The number of hydrogen-bond acceptors (Lipinski definition) is 6. The number of hydrogen-bond donors (Lipinski definition) is 3. The minimum Gasteiger partial charge on any atom is -0.494 e. The van der Waals surface area contributed by atoms with E-state index in [2.05, 4.69) is 17.6 Å². The van der Waals surface area contributed by atoms with Crippen LogP contribution in [0.5, 0.6) is 5.75 Å². The van der Waals surface area contributed by atoms with Crippen LogP contribution in [0.1, 0.15) is 31.4 Å². The second-order valence-corrected chi connectivity index (χ2v) is 13.5. The van der Waals surface area contributed by atoms with Gasteiger partial charge in [-0.25, -0.2) is 0 Å². The molecule has 0 aliphatic carbocycles. The van der Waals surface area contributed by atoms with E-state index in [-0.39, 0.29) is 35.5 Å². The van der Waals surface area contributed by atoms with Gasteiger partial charge in [0.1, 0.15) is 11.8 Å². The molecule has 6 rings (SSSR count). The normalized spacial score (nSPS) is 27.6. The lowest BCUT2D eigenvalue weighted by Gasteiger charge is -2.40. The van der Waals surface area contributed by atoms with Crippen molar-refractivity contribution in [2.75, 3.05) is 18.5 Å². The summed E-state index contributed by atoms with van der Waals surface area (Å²) in [4.78, 5) is 44.4. The van der Waals surface area contributed by atoms with Crippen LogP contribution in [0.3, 0.4) is 0 Å². The van der Waals surface area contributed by atoms with E-state index in [1.54, 1.807) is 28.8 Å². The molecule has 3 aliphatic heterocycles. The molecule has 0 saturated carbocycles. The predicted molar refractivity (Wildman–Crippen MR) is 171 cm³/mol. The topological polar surface area (TPSA) is 108 Å². The van der Waals surface area contributed by atoms with E-state index in [4.69, 9.17) is 4.74 Å². The van der Waals surface area contributed by atoms with Crippen molar-refractivity contribution in [2.45, 2.75) is 55.3 Å². The molecule has 3 saturated heterocycles. The Labute approximate surface area is 262 Å². The first-order chi connectivity index (χ1) is 21.4. The average molecular weight is 614 g/mol. The molecule has 3 aromatic carbocycles. The van der Waals surface area contributed by atoms with E-state index in [1.807, 2.05) is 79.7 Å². The number of rotatable bonds is 11. The maximum Gasteiger partial charge on any atom is 0.244 e. The summed E-state index contributed by atoms with van der Waals surface area (Å²) < 4.78 is 4.75. The number of anilines is 1. The van der Waals surface area contributed by atoms with E-state index in [9.17, 15) is 19.5 Å². The van der Waals surface area contributed by atoms with Crippen LogP contribution < -0.4 is 15.4 Å². The maximum atomic E-state index is 14.6. The van der Waals surface area contributed by atoms with Crippen molar-refractivity contribution >= 4 is 35.2 Å². The number of nitrogens with zero attached hydrogens (tertiary/aromatic N) is 1. The summed E-state index contributed by atoms with van der Waals surface area (Å²) in [6.07, 6.45) is 1.13. The zero-order chi connectivity index (χ0) is 30.8. The van der Waals surface area contributed by atoms with Crippen molar-refractivity contribution in [1.82, 2.24) is 10.2 Å². The summed E-state index contributed by atoms with van der Waals surface area (Å²) in [5.74, 6) is -1.23. The fourth-order valence-corrected chi connectivity index (χ4v) is 9.91. The molecule has 8 nitrogen and oxygen atoms in total. The highest BCUT2D eigenvalue weighted by Gasteiger charge is 2.76.